The van der Waals surface area contributed by atoms with E-state index in [0.29, 0.717) is 6.42 Å². The molecule has 15 heavy (non-hydrogen) atoms. The van der Waals surface area contributed by atoms with E-state index in [9.17, 15) is 4.79 Å². The van der Waals surface area contributed by atoms with Gasteiger partial charge >= 0.3 is 0 Å². The number of carbonyl (C=O) groups is 1. The molecule has 0 aliphatic heterocycles. The van der Waals surface area contributed by atoms with E-state index in [1.165, 1.54) is 0 Å². The van der Waals surface area contributed by atoms with Crippen LogP contribution in [0.5, 0.6) is 0 Å². The molecule has 0 aliphatic rings. The second-order valence-corrected chi connectivity index (χ2v) is 4.39. The van der Waals surface area contributed by atoms with Gasteiger partial charge in [-0.15, -0.1) is 0 Å². The Morgan fingerprint density at radius 3 is 3.00 bits per heavy atom. The van der Waals surface area contributed by atoms with Crippen molar-refractivity contribution in [3.8, 4) is 0 Å². The molecule has 3 heteroatoms. The number of carbonyl (C=O) groups excluding carboxylic acids is 1. The summed E-state index contributed by atoms with van der Waals surface area (Å²) in [6.45, 7) is 2.02. The van der Waals surface area contributed by atoms with Crippen LogP contribution >= 0.6 is 15.9 Å². The van der Waals surface area contributed by atoms with E-state index >= 15 is 0 Å². The zero-order chi connectivity index (χ0) is 10.8. The first-order chi connectivity index (χ1) is 7.24. The topological polar surface area (TPSA) is 32.9 Å². The molecule has 0 unspecified atom stereocenters. The Labute approximate surface area is 96.8 Å². The quantitative estimate of drug-likeness (QED) is 0.839. The van der Waals surface area contributed by atoms with Crippen molar-refractivity contribution in [3.05, 3.63) is 34.4 Å². The lowest BCUT2D eigenvalue weighted by Crippen LogP contribution is -1.96. The van der Waals surface area contributed by atoms with Crippen molar-refractivity contribution in [3.63, 3.8) is 0 Å². The maximum absolute atomic E-state index is 11.8. The van der Waals surface area contributed by atoms with Gasteiger partial charge in [-0.05, 0) is 28.4 Å². The second kappa shape index (κ2) is 4.19. The summed E-state index contributed by atoms with van der Waals surface area (Å²) < 4.78 is 0.996. The van der Waals surface area contributed by atoms with E-state index in [1.54, 1.807) is 6.20 Å². The number of nitrogens with one attached hydrogen (secondary N) is 1. The molecule has 0 saturated carbocycles. The summed E-state index contributed by atoms with van der Waals surface area (Å²) in [5.74, 6) is 0.210. The van der Waals surface area contributed by atoms with Crippen LogP contribution < -0.4 is 0 Å². The fraction of sp³-hybridized carbons (Fsp3) is 0.250. The van der Waals surface area contributed by atoms with Crippen molar-refractivity contribution >= 4 is 32.6 Å². The van der Waals surface area contributed by atoms with Gasteiger partial charge in [-0.2, -0.15) is 0 Å². The first-order valence-electron chi connectivity index (χ1n) is 5.03. The molecule has 2 nitrogen and oxygen atoms in total. The number of aromatic nitrogens is 1. The third kappa shape index (κ3) is 1.84. The molecular weight excluding hydrogens is 254 g/mol. The third-order valence-electron chi connectivity index (χ3n) is 2.44. The van der Waals surface area contributed by atoms with E-state index in [2.05, 4.69) is 20.9 Å². The number of Topliss-reactive ketones (excluding diaryl/α,β-unsaturated/α-hetero) is 1. The van der Waals surface area contributed by atoms with Gasteiger partial charge < -0.3 is 4.98 Å². The fourth-order valence-corrected chi connectivity index (χ4v) is 2.19. The highest BCUT2D eigenvalue weighted by Gasteiger charge is 2.11. The van der Waals surface area contributed by atoms with Gasteiger partial charge in [-0.25, -0.2) is 0 Å². The van der Waals surface area contributed by atoms with Crippen LogP contribution in [0, 0.1) is 0 Å². The number of hydrogen-bond donors (Lipinski definition) is 1. The van der Waals surface area contributed by atoms with Crippen LogP contribution in [0.3, 0.4) is 0 Å². The van der Waals surface area contributed by atoms with Gasteiger partial charge in [0.15, 0.2) is 5.78 Å². The SMILES string of the molecule is CCCC(=O)c1c[nH]c2c(Br)cccc12. The maximum Gasteiger partial charge on any atom is 0.165 e. The Bertz CT molecular complexity index is 501. The first-order valence-corrected chi connectivity index (χ1v) is 5.82. The Morgan fingerprint density at radius 2 is 2.27 bits per heavy atom. The number of para-hydroxylation sites is 1. The molecule has 0 saturated heterocycles. The molecule has 2 rings (SSSR count). The Hall–Kier alpha value is -1.09. The van der Waals surface area contributed by atoms with Gasteiger partial charge in [-0.3, -0.25) is 4.79 Å². The second-order valence-electron chi connectivity index (χ2n) is 3.54. The average molecular weight is 266 g/mol. The number of halogens is 1. The summed E-state index contributed by atoms with van der Waals surface area (Å²) in [6.07, 6.45) is 3.30. The summed E-state index contributed by atoms with van der Waals surface area (Å²) in [6, 6.07) is 5.88. The number of ketones is 1. The first kappa shape index (κ1) is 10.4. The van der Waals surface area contributed by atoms with Crippen molar-refractivity contribution in [2.24, 2.45) is 0 Å². The van der Waals surface area contributed by atoms with E-state index in [0.717, 1.165) is 27.4 Å². The molecule has 2 aromatic rings. The van der Waals surface area contributed by atoms with E-state index in [1.807, 2.05) is 25.1 Å². The highest BCUT2D eigenvalue weighted by molar-refractivity contribution is 9.10. The molecule has 0 fully saturated rings. The molecule has 0 aliphatic carbocycles. The van der Waals surface area contributed by atoms with Crippen LogP contribution in [0.25, 0.3) is 10.9 Å². The average Bonchev–Trinajstić information content (AvgIpc) is 2.63. The minimum Gasteiger partial charge on any atom is -0.360 e. The zero-order valence-corrected chi connectivity index (χ0v) is 10.1. The van der Waals surface area contributed by atoms with Crippen LogP contribution in [0.2, 0.25) is 0 Å². The Balaban J connectivity index is 2.54. The summed E-state index contributed by atoms with van der Waals surface area (Å²) in [5, 5.41) is 1.00. The standard InChI is InChI=1S/C12H12BrNO/c1-2-4-11(15)9-7-14-12-8(9)5-3-6-10(12)13/h3,5-7,14H,2,4H2,1H3. The largest absolute Gasteiger partial charge is 0.360 e. The lowest BCUT2D eigenvalue weighted by molar-refractivity contribution is 0.0983. The molecule has 0 bridgehead atoms. The molecule has 0 spiro atoms. The van der Waals surface area contributed by atoms with Crippen molar-refractivity contribution in [2.45, 2.75) is 19.8 Å². The molecular formula is C12H12BrNO. The molecule has 0 amide bonds. The number of rotatable bonds is 3. The monoisotopic (exact) mass is 265 g/mol. The Kier molecular flexibility index (Phi) is 2.91. The highest BCUT2D eigenvalue weighted by atomic mass is 79.9. The van der Waals surface area contributed by atoms with Gasteiger partial charge in [0.1, 0.15) is 0 Å². The van der Waals surface area contributed by atoms with Gasteiger partial charge in [0.05, 0.1) is 5.52 Å². The smallest absolute Gasteiger partial charge is 0.165 e. The van der Waals surface area contributed by atoms with Crippen molar-refractivity contribution in [2.75, 3.05) is 0 Å². The summed E-state index contributed by atoms with van der Waals surface area (Å²) in [4.78, 5) is 14.9. The van der Waals surface area contributed by atoms with Crippen molar-refractivity contribution in [1.82, 2.24) is 4.98 Å². The fourth-order valence-electron chi connectivity index (χ4n) is 1.71. The summed E-state index contributed by atoms with van der Waals surface area (Å²) >= 11 is 3.46. The molecule has 1 heterocycles. The van der Waals surface area contributed by atoms with E-state index in [4.69, 9.17) is 0 Å². The van der Waals surface area contributed by atoms with Crippen LogP contribution in [0.1, 0.15) is 30.1 Å². The number of benzene rings is 1. The van der Waals surface area contributed by atoms with Crippen LogP contribution in [0.4, 0.5) is 0 Å². The van der Waals surface area contributed by atoms with E-state index in [-0.39, 0.29) is 5.78 Å². The summed E-state index contributed by atoms with van der Waals surface area (Å²) in [5.41, 5.74) is 1.80. The molecule has 0 atom stereocenters. The highest BCUT2D eigenvalue weighted by Crippen LogP contribution is 2.26. The van der Waals surface area contributed by atoms with Gasteiger partial charge in [-0.1, -0.05) is 19.1 Å². The number of hydrogen-bond acceptors (Lipinski definition) is 1. The number of fused-ring (bicyclic) bond motifs is 1. The van der Waals surface area contributed by atoms with Crippen LogP contribution in [-0.2, 0) is 0 Å². The lowest BCUT2D eigenvalue weighted by Gasteiger charge is -1.97. The molecule has 78 valence electrons. The molecule has 0 radical (unpaired) electrons. The normalized spacial score (nSPS) is 10.8. The minimum atomic E-state index is 0.210. The van der Waals surface area contributed by atoms with Crippen LogP contribution in [-0.4, -0.2) is 10.8 Å². The Morgan fingerprint density at radius 1 is 1.47 bits per heavy atom. The predicted octanol–water partition coefficient (Wildman–Crippen LogP) is 3.91. The summed E-state index contributed by atoms with van der Waals surface area (Å²) in [7, 11) is 0. The maximum atomic E-state index is 11.8. The van der Waals surface area contributed by atoms with Crippen molar-refractivity contribution in [1.29, 1.82) is 0 Å². The van der Waals surface area contributed by atoms with Gasteiger partial charge in [0, 0.05) is 28.0 Å². The van der Waals surface area contributed by atoms with Crippen molar-refractivity contribution < 1.29 is 4.79 Å². The predicted molar refractivity (Wildman–Crippen MR) is 65.2 cm³/mol. The lowest BCUT2D eigenvalue weighted by atomic mass is 10.1. The number of aromatic amines is 1. The molecule has 1 N–H and O–H groups in total. The van der Waals surface area contributed by atoms with Crippen LogP contribution in [0.15, 0.2) is 28.9 Å². The minimum absolute atomic E-state index is 0.210. The van der Waals surface area contributed by atoms with Gasteiger partial charge in [0.25, 0.3) is 0 Å². The number of H-pyrrole nitrogens is 1. The van der Waals surface area contributed by atoms with E-state index < -0.39 is 0 Å². The van der Waals surface area contributed by atoms with Gasteiger partial charge in [0.2, 0.25) is 0 Å². The molecule has 1 aromatic carbocycles. The zero-order valence-electron chi connectivity index (χ0n) is 8.51. The molecule has 1 aromatic heterocycles. The third-order valence-corrected chi connectivity index (χ3v) is 3.10.